The molecule has 0 bridgehead atoms. The van der Waals surface area contributed by atoms with E-state index < -0.39 is 17.8 Å². The van der Waals surface area contributed by atoms with E-state index in [1.165, 1.54) is 13.2 Å². The summed E-state index contributed by atoms with van der Waals surface area (Å²) in [6.45, 7) is 0.0193. The van der Waals surface area contributed by atoms with E-state index in [9.17, 15) is 9.18 Å². The smallest absolute Gasteiger partial charge is 0.254 e. The van der Waals surface area contributed by atoms with E-state index in [0.29, 0.717) is 0 Å². The second-order valence-electron chi connectivity index (χ2n) is 3.25. The van der Waals surface area contributed by atoms with Crippen molar-refractivity contribution in [3.8, 4) is 6.07 Å². The van der Waals surface area contributed by atoms with E-state index >= 15 is 0 Å². The van der Waals surface area contributed by atoms with Gasteiger partial charge in [-0.05, 0) is 18.2 Å². The zero-order chi connectivity index (χ0) is 12.8. The van der Waals surface area contributed by atoms with Crippen molar-refractivity contribution in [3.63, 3.8) is 0 Å². The molecule has 6 heteroatoms. The Morgan fingerprint density at radius 1 is 1.71 bits per heavy atom. The number of hydrogen-bond acceptors (Lipinski definition) is 4. The molecule has 0 heterocycles. The number of benzene rings is 1. The van der Waals surface area contributed by atoms with Crippen LogP contribution in [0.2, 0.25) is 0 Å². The van der Waals surface area contributed by atoms with Crippen molar-refractivity contribution in [3.05, 3.63) is 29.6 Å². The molecule has 17 heavy (non-hydrogen) atoms. The van der Waals surface area contributed by atoms with Crippen LogP contribution in [-0.2, 0) is 9.53 Å². The monoisotopic (exact) mass is 237 g/mol. The van der Waals surface area contributed by atoms with Crippen LogP contribution in [0.1, 0.15) is 5.56 Å². The minimum absolute atomic E-state index is 0.0193. The van der Waals surface area contributed by atoms with Gasteiger partial charge in [-0.1, -0.05) is 0 Å². The average molecular weight is 237 g/mol. The highest BCUT2D eigenvalue weighted by molar-refractivity contribution is 5.95. The average Bonchev–Trinajstić information content (AvgIpc) is 2.33. The Morgan fingerprint density at radius 3 is 2.94 bits per heavy atom. The molecule has 5 nitrogen and oxygen atoms in total. The molecule has 0 radical (unpaired) electrons. The SMILES string of the molecule is COC(CN)C(=O)Nc1ccc(F)cc1C#N. The minimum Gasteiger partial charge on any atom is -0.370 e. The molecule has 1 aromatic carbocycles. The summed E-state index contributed by atoms with van der Waals surface area (Å²) in [6, 6.07) is 5.30. The number of ether oxygens (including phenoxy) is 1. The maximum Gasteiger partial charge on any atom is 0.254 e. The molecule has 1 rings (SSSR count). The van der Waals surface area contributed by atoms with Crippen LogP contribution in [0.4, 0.5) is 10.1 Å². The van der Waals surface area contributed by atoms with E-state index in [0.717, 1.165) is 12.1 Å². The standard InChI is InChI=1S/C11H12FN3O2/c1-17-10(6-14)11(16)15-9-3-2-8(12)4-7(9)5-13/h2-4,10H,6,14H2,1H3,(H,15,16). The Bertz CT molecular complexity index is 453. The van der Waals surface area contributed by atoms with Crippen LogP contribution in [-0.4, -0.2) is 25.7 Å². The van der Waals surface area contributed by atoms with Crippen molar-refractivity contribution in [1.29, 1.82) is 5.26 Å². The lowest BCUT2D eigenvalue weighted by Crippen LogP contribution is -2.36. The Kier molecular flexibility index (Phi) is 4.57. The Morgan fingerprint density at radius 2 is 2.41 bits per heavy atom. The van der Waals surface area contributed by atoms with Crippen LogP contribution in [0, 0.1) is 17.1 Å². The number of halogens is 1. The number of nitrogens with zero attached hydrogens (tertiary/aromatic N) is 1. The number of carbonyl (C=O) groups is 1. The lowest BCUT2D eigenvalue weighted by molar-refractivity contribution is -0.125. The van der Waals surface area contributed by atoms with Gasteiger partial charge in [0.25, 0.3) is 5.91 Å². The highest BCUT2D eigenvalue weighted by atomic mass is 19.1. The van der Waals surface area contributed by atoms with Gasteiger partial charge in [0.05, 0.1) is 11.3 Å². The molecule has 0 aliphatic carbocycles. The molecule has 1 amide bonds. The van der Waals surface area contributed by atoms with E-state index in [-0.39, 0.29) is 17.8 Å². The van der Waals surface area contributed by atoms with Crippen molar-refractivity contribution in [2.75, 3.05) is 19.0 Å². The summed E-state index contributed by atoms with van der Waals surface area (Å²) >= 11 is 0. The molecule has 3 N–H and O–H groups in total. The van der Waals surface area contributed by atoms with Crippen molar-refractivity contribution >= 4 is 11.6 Å². The Labute approximate surface area is 98.0 Å². The first-order valence-corrected chi connectivity index (χ1v) is 4.85. The minimum atomic E-state index is -0.799. The van der Waals surface area contributed by atoms with E-state index in [1.807, 2.05) is 0 Å². The lowest BCUT2D eigenvalue weighted by atomic mass is 10.2. The molecule has 0 aromatic heterocycles. The summed E-state index contributed by atoms with van der Waals surface area (Å²) in [5.41, 5.74) is 5.60. The first-order chi connectivity index (χ1) is 8.12. The van der Waals surface area contributed by atoms with Gasteiger partial charge in [-0.2, -0.15) is 5.26 Å². The van der Waals surface area contributed by atoms with Crippen LogP contribution in [0.3, 0.4) is 0 Å². The van der Waals surface area contributed by atoms with Crippen molar-refractivity contribution < 1.29 is 13.9 Å². The summed E-state index contributed by atoms with van der Waals surface area (Å²) in [5.74, 6) is -1.01. The predicted molar refractivity (Wildman–Crippen MR) is 59.6 cm³/mol. The summed E-state index contributed by atoms with van der Waals surface area (Å²) in [5, 5.41) is 11.2. The summed E-state index contributed by atoms with van der Waals surface area (Å²) in [7, 11) is 1.35. The van der Waals surface area contributed by atoms with Gasteiger partial charge < -0.3 is 15.8 Å². The fourth-order valence-electron chi connectivity index (χ4n) is 1.24. The summed E-state index contributed by atoms with van der Waals surface area (Å²) in [4.78, 5) is 11.6. The molecule has 0 spiro atoms. The van der Waals surface area contributed by atoms with Crippen molar-refractivity contribution in [1.82, 2.24) is 0 Å². The van der Waals surface area contributed by atoms with Crippen molar-refractivity contribution in [2.24, 2.45) is 5.73 Å². The number of methoxy groups -OCH3 is 1. The van der Waals surface area contributed by atoms with Crippen LogP contribution >= 0.6 is 0 Å². The summed E-state index contributed by atoms with van der Waals surface area (Å²) in [6.07, 6.45) is -0.799. The maximum absolute atomic E-state index is 12.9. The van der Waals surface area contributed by atoms with E-state index in [2.05, 4.69) is 5.32 Å². The van der Waals surface area contributed by atoms with Gasteiger partial charge in [0, 0.05) is 13.7 Å². The Balaban J connectivity index is 2.89. The van der Waals surface area contributed by atoms with E-state index in [4.69, 9.17) is 15.7 Å². The number of hydrogen-bond donors (Lipinski definition) is 2. The number of carbonyl (C=O) groups excluding carboxylic acids is 1. The molecule has 0 fully saturated rings. The van der Waals surface area contributed by atoms with E-state index in [1.54, 1.807) is 6.07 Å². The van der Waals surface area contributed by atoms with Crippen molar-refractivity contribution in [2.45, 2.75) is 6.10 Å². The third-order valence-electron chi connectivity index (χ3n) is 2.15. The van der Waals surface area contributed by atoms with Crippen LogP contribution < -0.4 is 11.1 Å². The molecule has 0 aliphatic heterocycles. The topological polar surface area (TPSA) is 88.1 Å². The van der Waals surface area contributed by atoms with Gasteiger partial charge in [0.15, 0.2) is 0 Å². The number of nitriles is 1. The van der Waals surface area contributed by atoms with Gasteiger partial charge in [-0.15, -0.1) is 0 Å². The maximum atomic E-state index is 12.9. The lowest BCUT2D eigenvalue weighted by Gasteiger charge is -2.13. The Hall–Kier alpha value is -1.97. The molecule has 1 atom stereocenters. The fourth-order valence-corrected chi connectivity index (χ4v) is 1.24. The molecular weight excluding hydrogens is 225 g/mol. The number of nitrogens with two attached hydrogens (primary N) is 1. The molecule has 0 saturated carbocycles. The molecule has 0 aliphatic rings. The normalized spacial score (nSPS) is 11.6. The first kappa shape index (κ1) is 13.1. The predicted octanol–water partition coefficient (Wildman–Crippen LogP) is 0.610. The zero-order valence-electron chi connectivity index (χ0n) is 9.24. The zero-order valence-corrected chi connectivity index (χ0v) is 9.24. The number of rotatable bonds is 4. The largest absolute Gasteiger partial charge is 0.370 e. The second kappa shape index (κ2) is 5.94. The highest BCUT2D eigenvalue weighted by Gasteiger charge is 2.17. The van der Waals surface area contributed by atoms with Gasteiger partial charge in [0.1, 0.15) is 18.0 Å². The summed E-state index contributed by atoms with van der Waals surface area (Å²) < 4.78 is 17.7. The third-order valence-corrected chi connectivity index (χ3v) is 2.15. The van der Waals surface area contributed by atoms with Crippen LogP contribution in [0.25, 0.3) is 0 Å². The van der Waals surface area contributed by atoms with Gasteiger partial charge in [-0.25, -0.2) is 4.39 Å². The third kappa shape index (κ3) is 3.24. The number of amides is 1. The number of anilines is 1. The highest BCUT2D eigenvalue weighted by Crippen LogP contribution is 2.16. The second-order valence-corrected chi connectivity index (χ2v) is 3.25. The first-order valence-electron chi connectivity index (χ1n) is 4.85. The fraction of sp³-hybridized carbons (Fsp3) is 0.273. The molecular formula is C11H12FN3O2. The van der Waals surface area contributed by atoms with Gasteiger partial charge in [-0.3, -0.25) is 4.79 Å². The van der Waals surface area contributed by atoms with Crippen LogP contribution in [0.5, 0.6) is 0 Å². The van der Waals surface area contributed by atoms with Gasteiger partial charge >= 0.3 is 0 Å². The van der Waals surface area contributed by atoms with Crippen LogP contribution in [0.15, 0.2) is 18.2 Å². The molecule has 1 unspecified atom stereocenters. The molecule has 0 saturated heterocycles. The molecule has 90 valence electrons. The number of nitrogens with one attached hydrogen (secondary N) is 1. The quantitative estimate of drug-likeness (QED) is 0.803. The van der Waals surface area contributed by atoms with Gasteiger partial charge in [0.2, 0.25) is 0 Å². The molecule has 1 aromatic rings.